The van der Waals surface area contributed by atoms with E-state index in [1.807, 2.05) is 53.2 Å². The zero-order chi connectivity index (χ0) is 18.8. The molecular formula is C21H17N5O. The quantitative estimate of drug-likeness (QED) is 0.587. The van der Waals surface area contributed by atoms with E-state index in [1.54, 1.807) is 30.9 Å². The summed E-state index contributed by atoms with van der Waals surface area (Å²) >= 11 is 0. The van der Waals surface area contributed by atoms with Crippen molar-refractivity contribution in [2.75, 3.05) is 5.73 Å². The fourth-order valence-electron chi connectivity index (χ4n) is 2.92. The Hall–Kier alpha value is -3.93. The van der Waals surface area contributed by atoms with Gasteiger partial charge in [-0.2, -0.15) is 0 Å². The second kappa shape index (κ2) is 6.76. The van der Waals surface area contributed by atoms with E-state index in [0.717, 1.165) is 27.9 Å². The van der Waals surface area contributed by atoms with Crippen LogP contribution in [0.15, 0.2) is 79.5 Å². The smallest absolute Gasteiger partial charge is 0.248 e. The van der Waals surface area contributed by atoms with Crippen molar-refractivity contribution in [3.63, 3.8) is 0 Å². The number of pyridine rings is 1. The number of hydrogen-bond donors (Lipinski definition) is 2. The summed E-state index contributed by atoms with van der Waals surface area (Å²) in [6, 6.07) is 17.1. The molecule has 0 saturated carbocycles. The third-order valence-electron chi connectivity index (χ3n) is 4.40. The van der Waals surface area contributed by atoms with Crippen LogP contribution in [0.25, 0.3) is 27.9 Å². The molecule has 0 unspecified atom stereocenters. The Morgan fingerprint density at radius 2 is 1.63 bits per heavy atom. The summed E-state index contributed by atoms with van der Waals surface area (Å²) in [6.45, 7) is 0. The first kappa shape index (κ1) is 16.5. The van der Waals surface area contributed by atoms with Crippen LogP contribution in [0.2, 0.25) is 0 Å². The van der Waals surface area contributed by atoms with Crippen LogP contribution in [0.3, 0.4) is 0 Å². The molecule has 2 heterocycles. The number of amides is 1. The zero-order valence-corrected chi connectivity index (χ0v) is 14.4. The van der Waals surface area contributed by atoms with E-state index in [1.165, 1.54) is 0 Å². The molecule has 0 atom stereocenters. The van der Waals surface area contributed by atoms with E-state index < -0.39 is 5.91 Å². The number of nitrogen functional groups attached to an aromatic ring is 1. The molecule has 0 aliphatic heterocycles. The third kappa shape index (κ3) is 3.28. The van der Waals surface area contributed by atoms with Crippen molar-refractivity contribution in [3.8, 4) is 27.9 Å². The Bertz CT molecular complexity index is 1080. The molecule has 132 valence electrons. The Morgan fingerprint density at radius 1 is 0.926 bits per heavy atom. The molecular weight excluding hydrogens is 338 g/mol. The summed E-state index contributed by atoms with van der Waals surface area (Å²) in [5.41, 5.74) is 16.5. The van der Waals surface area contributed by atoms with E-state index in [-0.39, 0.29) is 0 Å². The van der Waals surface area contributed by atoms with Gasteiger partial charge in [-0.1, -0.05) is 24.3 Å². The second-order valence-corrected chi connectivity index (χ2v) is 6.12. The lowest BCUT2D eigenvalue weighted by Crippen LogP contribution is -2.10. The van der Waals surface area contributed by atoms with Crippen molar-refractivity contribution in [3.05, 3.63) is 85.1 Å². The van der Waals surface area contributed by atoms with Gasteiger partial charge in [0.05, 0.1) is 6.33 Å². The molecule has 2 aromatic heterocycles. The molecule has 6 heteroatoms. The summed E-state index contributed by atoms with van der Waals surface area (Å²) in [6.07, 6.45) is 7.15. The fourth-order valence-corrected chi connectivity index (χ4v) is 2.92. The lowest BCUT2D eigenvalue weighted by Gasteiger charge is -2.10. The largest absolute Gasteiger partial charge is 0.383 e. The number of rotatable bonds is 4. The summed E-state index contributed by atoms with van der Waals surface area (Å²) in [4.78, 5) is 19.6. The first-order chi connectivity index (χ1) is 13.1. The first-order valence-electron chi connectivity index (χ1n) is 8.36. The van der Waals surface area contributed by atoms with E-state index in [4.69, 9.17) is 11.5 Å². The molecule has 0 aliphatic rings. The Kier molecular flexibility index (Phi) is 4.14. The molecule has 27 heavy (non-hydrogen) atoms. The number of primary amides is 1. The fraction of sp³-hybridized carbons (Fsp3) is 0. The highest BCUT2D eigenvalue weighted by molar-refractivity contribution is 5.93. The highest BCUT2D eigenvalue weighted by Crippen LogP contribution is 2.30. The van der Waals surface area contributed by atoms with Crippen LogP contribution in [0.5, 0.6) is 0 Å². The molecule has 0 saturated heterocycles. The Morgan fingerprint density at radius 3 is 2.26 bits per heavy atom. The van der Waals surface area contributed by atoms with Crippen molar-refractivity contribution < 1.29 is 4.79 Å². The number of carbonyl (C=O) groups is 1. The number of hydrogen-bond acceptors (Lipinski definition) is 4. The number of aromatic nitrogens is 3. The van der Waals surface area contributed by atoms with Crippen molar-refractivity contribution >= 4 is 11.7 Å². The molecule has 4 N–H and O–H groups in total. The van der Waals surface area contributed by atoms with Crippen LogP contribution in [0.4, 0.5) is 5.82 Å². The molecule has 2 aromatic carbocycles. The molecule has 0 fully saturated rings. The van der Waals surface area contributed by atoms with Gasteiger partial charge >= 0.3 is 0 Å². The van der Waals surface area contributed by atoms with Crippen LogP contribution in [0.1, 0.15) is 10.4 Å². The van der Waals surface area contributed by atoms with Crippen molar-refractivity contribution in [2.45, 2.75) is 0 Å². The van der Waals surface area contributed by atoms with Gasteiger partial charge < -0.3 is 16.0 Å². The molecule has 0 radical (unpaired) electrons. The molecule has 6 nitrogen and oxygen atoms in total. The summed E-state index contributed by atoms with van der Waals surface area (Å²) in [7, 11) is 0. The minimum atomic E-state index is -0.459. The number of imidazole rings is 1. The first-order valence-corrected chi connectivity index (χ1v) is 8.36. The molecule has 0 spiro atoms. The number of nitrogens with zero attached hydrogens (tertiary/aromatic N) is 3. The minimum Gasteiger partial charge on any atom is -0.383 e. The maximum atomic E-state index is 11.2. The van der Waals surface area contributed by atoms with E-state index >= 15 is 0 Å². The summed E-state index contributed by atoms with van der Waals surface area (Å²) in [5, 5.41) is 0. The van der Waals surface area contributed by atoms with Crippen molar-refractivity contribution in [2.24, 2.45) is 5.73 Å². The summed E-state index contributed by atoms with van der Waals surface area (Å²) < 4.78 is 1.94. The lowest BCUT2D eigenvalue weighted by atomic mass is 10.00. The molecule has 4 rings (SSSR count). The van der Waals surface area contributed by atoms with Crippen molar-refractivity contribution in [1.29, 1.82) is 0 Å². The normalized spacial score (nSPS) is 10.7. The predicted octanol–water partition coefficient (Wildman–Crippen LogP) is 3.28. The average Bonchev–Trinajstić information content (AvgIpc) is 3.23. The van der Waals surface area contributed by atoms with Crippen LogP contribution >= 0.6 is 0 Å². The monoisotopic (exact) mass is 355 g/mol. The molecule has 1 amide bonds. The number of nitrogens with two attached hydrogens (primary N) is 2. The van der Waals surface area contributed by atoms with E-state index in [0.29, 0.717) is 11.4 Å². The minimum absolute atomic E-state index is 0.431. The maximum absolute atomic E-state index is 11.2. The SMILES string of the molecule is NC(=O)c1ccc(-c2cc(-c3ccc(-n4ccnc4)cc3)cnc2N)cc1. The standard InChI is InChI=1S/C21H17N5O/c22-20-19(15-1-3-16(4-2-15)21(23)27)11-17(12-25-20)14-5-7-18(8-6-14)26-10-9-24-13-26/h1-13H,(H2,22,25)(H2,23,27). The zero-order valence-electron chi connectivity index (χ0n) is 14.4. The molecule has 0 aliphatic carbocycles. The topological polar surface area (TPSA) is 99.8 Å². The second-order valence-electron chi connectivity index (χ2n) is 6.12. The van der Waals surface area contributed by atoms with Gasteiger partial charge in [-0.05, 0) is 41.5 Å². The van der Waals surface area contributed by atoms with E-state index in [9.17, 15) is 4.79 Å². The molecule has 4 aromatic rings. The highest BCUT2D eigenvalue weighted by atomic mass is 16.1. The summed E-state index contributed by atoms with van der Waals surface area (Å²) in [5.74, 6) is -0.0278. The van der Waals surface area contributed by atoms with Crippen LogP contribution < -0.4 is 11.5 Å². The van der Waals surface area contributed by atoms with E-state index in [2.05, 4.69) is 9.97 Å². The predicted molar refractivity (Wildman–Crippen MR) is 105 cm³/mol. The van der Waals surface area contributed by atoms with Gasteiger partial charge in [0.1, 0.15) is 5.82 Å². The van der Waals surface area contributed by atoms with Crippen LogP contribution in [-0.2, 0) is 0 Å². The molecule has 0 bridgehead atoms. The van der Waals surface area contributed by atoms with Gasteiger partial charge in [-0.3, -0.25) is 4.79 Å². The Labute approximate surface area is 156 Å². The van der Waals surface area contributed by atoms with Crippen molar-refractivity contribution in [1.82, 2.24) is 14.5 Å². The highest BCUT2D eigenvalue weighted by Gasteiger charge is 2.09. The Balaban J connectivity index is 1.69. The number of benzene rings is 2. The van der Waals surface area contributed by atoms with Crippen LogP contribution in [0, 0.1) is 0 Å². The lowest BCUT2D eigenvalue weighted by molar-refractivity contribution is 0.100. The third-order valence-corrected chi connectivity index (χ3v) is 4.40. The van der Waals surface area contributed by atoms with Gasteiger partial charge in [0, 0.05) is 41.0 Å². The van der Waals surface area contributed by atoms with Gasteiger partial charge in [0.2, 0.25) is 5.91 Å². The number of anilines is 1. The van der Waals surface area contributed by atoms with Gasteiger partial charge in [0.15, 0.2) is 0 Å². The van der Waals surface area contributed by atoms with Gasteiger partial charge in [-0.15, -0.1) is 0 Å². The average molecular weight is 355 g/mol. The van der Waals surface area contributed by atoms with Gasteiger partial charge in [-0.25, -0.2) is 9.97 Å². The van der Waals surface area contributed by atoms with Crippen LogP contribution in [-0.4, -0.2) is 20.4 Å². The van der Waals surface area contributed by atoms with Gasteiger partial charge in [0.25, 0.3) is 0 Å². The maximum Gasteiger partial charge on any atom is 0.248 e. The number of carbonyl (C=O) groups excluding carboxylic acids is 1.